The van der Waals surface area contributed by atoms with Crippen LogP contribution in [0.5, 0.6) is 0 Å². The van der Waals surface area contributed by atoms with Crippen LogP contribution in [0.4, 0.5) is 0 Å². The summed E-state index contributed by atoms with van der Waals surface area (Å²) >= 11 is 0. The van der Waals surface area contributed by atoms with Gasteiger partial charge in [0.1, 0.15) is 0 Å². The second-order valence-corrected chi connectivity index (χ2v) is 6.14. The molecule has 2 atom stereocenters. The van der Waals surface area contributed by atoms with Crippen molar-refractivity contribution in [2.24, 2.45) is 11.8 Å². The van der Waals surface area contributed by atoms with Crippen LogP contribution in [0.1, 0.15) is 13.8 Å². The molecule has 0 N–H and O–H groups in total. The summed E-state index contributed by atoms with van der Waals surface area (Å²) in [5, 5.41) is 0. The van der Waals surface area contributed by atoms with Crippen LogP contribution in [-0.2, 0) is 0 Å². The Labute approximate surface area is 124 Å². The highest BCUT2D eigenvalue weighted by atomic mass is 15.2. The Morgan fingerprint density at radius 1 is 0.700 bits per heavy atom. The van der Waals surface area contributed by atoms with Crippen molar-refractivity contribution in [3.63, 3.8) is 0 Å². The summed E-state index contributed by atoms with van der Waals surface area (Å²) in [5.74, 6) is 1.15. The Hall–Kier alpha value is -1.12. The van der Waals surface area contributed by atoms with Gasteiger partial charge in [-0.15, -0.1) is 0 Å². The Bertz CT molecular complexity index is 355. The maximum absolute atomic E-state index is 2.47. The summed E-state index contributed by atoms with van der Waals surface area (Å²) in [6.45, 7) is 6.85. The van der Waals surface area contributed by atoms with Crippen molar-refractivity contribution in [1.29, 1.82) is 0 Å². The van der Waals surface area contributed by atoms with Crippen molar-refractivity contribution >= 4 is 0 Å². The van der Waals surface area contributed by atoms with Gasteiger partial charge in [0, 0.05) is 37.0 Å². The molecule has 2 aliphatic rings. The van der Waals surface area contributed by atoms with Gasteiger partial charge in [-0.2, -0.15) is 0 Å². The summed E-state index contributed by atoms with van der Waals surface area (Å²) in [6.07, 6.45) is 17.8. The van der Waals surface area contributed by atoms with Crippen LogP contribution in [0.2, 0.25) is 0 Å². The molecular weight excluding hydrogens is 244 g/mol. The SMILES string of the molecule is C[C@H](C1C=CC=C1)N(C)CCN(C)[C@H](C)C1C=CC=C1. The van der Waals surface area contributed by atoms with Crippen LogP contribution in [0.25, 0.3) is 0 Å². The van der Waals surface area contributed by atoms with Crippen molar-refractivity contribution in [1.82, 2.24) is 9.80 Å². The largest absolute Gasteiger partial charge is 0.302 e. The minimum atomic E-state index is 0.569. The van der Waals surface area contributed by atoms with Gasteiger partial charge in [0.05, 0.1) is 0 Å². The highest BCUT2D eigenvalue weighted by Gasteiger charge is 2.21. The van der Waals surface area contributed by atoms with E-state index in [4.69, 9.17) is 0 Å². The van der Waals surface area contributed by atoms with Crippen LogP contribution in [0.3, 0.4) is 0 Å². The molecule has 2 nitrogen and oxygen atoms in total. The summed E-state index contributed by atoms with van der Waals surface area (Å²) < 4.78 is 0. The Morgan fingerprint density at radius 3 is 1.30 bits per heavy atom. The first-order valence-electron chi connectivity index (χ1n) is 7.70. The lowest BCUT2D eigenvalue weighted by Crippen LogP contribution is -2.42. The molecule has 0 unspecified atom stereocenters. The molecule has 0 aromatic heterocycles. The summed E-state index contributed by atoms with van der Waals surface area (Å²) in [6, 6.07) is 1.14. The Kier molecular flexibility index (Phi) is 5.38. The average Bonchev–Trinajstić information content (AvgIpc) is 3.14. The minimum Gasteiger partial charge on any atom is -0.302 e. The monoisotopic (exact) mass is 272 g/mol. The zero-order chi connectivity index (χ0) is 14.5. The summed E-state index contributed by atoms with van der Waals surface area (Å²) in [5.41, 5.74) is 0. The molecule has 0 aromatic carbocycles. The highest BCUT2D eigenvalue weighted by Crippen LogP contribution is 2.19. The first-order valence-corrected chi connectivity index (χ1v) is 7.70. The van der Waals surface area contributed by atoms with E-state index < -0.39 is 0 Å². The lowest BCUT2D eigenvalue weighted by Gasteiger charge is -2.33. The van der Waals surface area contributed by atoms with Gasteiger partial charge in [0.15, 0.2) is 0 Å². The number of likely N-dealkylation sites (N-methyl/N-ethyl adjacent to an activating group) is 2. The van der Waals surface area contributed by atoms with Crippen molar-refractivity contribution < 1.29 is 0 Å². The number of nitrogens with zero attached hydrogens (tertiary/aromatic N) is 2. The fraction of sp³-hybridized carbons (Fsp3) is 0.556. The number of allylic oxidation sites excluding steroid dienone is 4. The van der Waals surface area contributed by atoms with Crippen LogP contribution < -0.4 is 0 Å². The van der Waals surface area contributed by atoms with E-state index >= 15 is 0 Å². The molecule has 0 amide bonds. The van der Waals surface area contributed by atoms with E-state index in [1.807, 2.05) is 0 Å². The molecule has 0 fully saturated rings. The van der Waals surface area contributed by atoms with Gasteiger partial charge in [-0.25, -0.2) is 0 Å². The fourth-order valence-electron chi connectivity index (χ4n) is 2.85. The molecule has 0 aromatic rings. The van der Waals surface area contributed by atoms with E-state index in [1.54, 1.807) is 0 Å². The highest BCUT2D eigenvalue weighted by molar-refractivity contribution is 5.20. The van der Waals surface area contributed by atoms with Crippen LogP contribution in [0, 0.1) is 11.8 Å². The standard InChI is InChI=1S/C18H28N2/c1-15(17-9-5-6-10-17)19(3)13-14-20(4)16(2)18-11-7-8-12-18/h5-12,15-18H,13-14H2,1-4H3/t15-,16-/m1/s1. The van der Waals surface area contributed by atoms with Gasteiger partial charge in [-0.05, 0) is 27.9 Å². The quantitative estimate of drug-likeness (QED) is 0.702. The second kappa shape index (κ2) is 7.05. The van der Waals surface area contributed by atoms with Crippen molar-refractivity contribution in [3.05, 3.63) is 48.6 Å². The first-order chi connectivity index (χ1) is 9.59. The number of hydrogen-bond acceptors (Lipinski definition) is 2. The number of hydrogen-bond donors (Lipinski definition) is 0. The fourth-order valence-corrected chi connectivity index (χ4v) is 2.85. The Morgan fingerprint density at radius 2 is 1.00 bits per heavy atom. The van der Waals surface area contributed by atoms with E-state index in [0.717, 1.165) is 13.1 Å². The van der Waals surface area contributed by atoms with Gasteiger partial charge >= 0.3 is 0 Å². The van der Waals surface area contributed by atoms with Crippen LogP contribution >= 0.6 is 0 Å². The molecule has 110 valence electrons. The molecular formula is C18H28N2. The molecule has 2 heteroatoms. The average molecular weight is 272 g/mol. The van der Waals surface area contributed by atoms with E-state index in [2.05, 4.69) is 86.4 Å². The van der Waals surface area contributed by atoms with Crippen LogP contribution in [-0.4, -0.2) is 49.1 Å². The van der Waals surface area contributed by atoms with Gasteiger partial charge in [-0.3, -0.25) is 0 Å². The van der Waals surface area contributed by atoms with Crippen molar-refractivity contribution in [2.75, 3.05) is 27.2 Å². The number of rotatable bonds is 7. The van der Waals surface area contributed by atoms with Gasteiger partial charge in [0.25, 0.3) is 0 Å². The molecule has 0 aliphatic heterocycles. The molecule has 0 radical (unpaired) electrons. The molecule has 2 aliphatic carbocycles. The topological polar surface area (TPSA) is 6.48 Å². The third-order valence-electron chi connectivity index (χ3n) is 4.87. The third-order valence-corrected chi connectivity index (χ3v) is 4.87. The van der Waals surface area contributed by atoms with E-state index in [1.165, 1.54) is 0 Å². The van der Waals surface area contributed by atoms with E-state index in [-0.39, 0.29) is 0 Å². The van der Waals surface area contributed by atoms with Gasteiger partial charge < -0.3 is 9.80 Å². The van der Waals surface area contributed by atoms with Crippen molar-refractivity contribution in [2.45, 2.75) is 25.9 Å². The maximum Gasteiger partial charge on any atom is 0.0162 e. The third kappa shape index (κ3) is 3.71. The minimum absolute atomic E-state index is 0.569. The molecule has 0 heterocycles. The summed E-state index contributed by atoms with van der Waals surface area (Å²) in [4.78, 5) is 4.93. The molecule has 0 saturated carbocycles. The van der Waals surface area contributed by atoms with Crippen molar-refractivity contribution in [3.8, 4) is 0 Å². The molecule has 20 heavy (non-hydrogen) atoms. The normalized spacial score (nSPS) is 21.7. The van der Waals surface area contributed by atoms with Crippen LogP contribution in [0.15, 0.2) is 48.6 Å². The zero-order valence-corrected chi connectivity index (χ0v) is 13.2. The Balaban J connectivity index is 1.76. The maximum atomic E-state index is 2.47. The predicted octanol–water partition coefficient (Wildman–Crippen LogP) is 3.11. The molecule has 2 rings (SSSR count). The molecule has 0 bridgehead atoms. The zero-order valence-electron chi connectivity index (χ0n) is 13.2. The predicted molar refractivity (Wildman–Crippen MR) is 87.7 cm³/mol. The molecule has 0 saturated heterocycles. The second-order valence-electron chi connectivity index (χ2n) is 6.14. The van der Waals surface area contributed by atoms with Gasteiger partial charge in [-0.1, -0.05) is 48.6 Å². The van der Waals surface area contributed by atoms with E-state index in [0.29, 0.717) is 23.9 Å². The smallest absolute Gasteiger partial charge is 0.0162 e. The summed E-state index contributed by atoms with van der Waals surface area (Å²) in [7, 11) is 4.47. The lowest BCUT2D eigenvalue weighted by molar-refractivity contribution is 0.168. The first kappa shape index (κ1) is 15.3. The lowest BCUT2D eigenvalue weighted by atomic mass is 10.0. The van der Waals surface area contributed by atoms with Gasteiger partial charge in [0.2, 0.25) is 0 Å². The molecule has 0 spiro atoms. The van der Waals surface area contributed by atoms with E-state index in [9.17, 15) is 0 Å².